The molecule has 2 fully saturated rings. The normalized spacial score (nSPS) is 26.4. The molecule has 1 aromatic rings. The lowest BCUT2D eigenvalue weighted by atomic mass is 10.2. The third-order valence-corrected chi connectivity index (χ3v) is 4.92. The third kappa shape index (κ3) is 3.05. The molecular formula is C15H22N2O2S. The molecule has 1 aliphatic carbocycles. The first kappa shape index (κ1) is 14.0. The second kappa shape index (κ2) is 6.24. The number of nitrogens with one attached hydrogen (secondary N) is 1. The van der Waals surface area contributed by atoms with Crippen LogP contribution in [-0.2, 0) is 9.53 Å². The highest BCUT2D eigenvalue weighted by molar-refractivity contribution is 7.10. The summed E-state index contributed by atoms with van der Waals surface area (Å²) in [5, 5.41) is 5.49. The van der Waals surface area contributed by atoms with Crippen molar-refractivity contribution in [3.63, 3.8) is 0 Å². The van der Waals surface area contributed by atoms with Crippen LogP contribution < -0.4 is 5.32 Å². The Morgan fingerprint density at radius 3 is 3.00 bits per heavy atom. The molecule has 4 nitrogen and oxygen atoms in total. The maximum atomic E-state index is 12.4. The van der Waals surface area contributed by atoms with Gasteiger partial charge in [-0.1, -0.05) is 13.0 Å². The molecule has 1 N–H and O–H groups in total. The van der Waals surface area contributed by atoms with Crippen LogP contribution in [-0.4, -0.2) is 36.6 Å². The van der Waals surface area contributed by atoms with Gasteiger partial charge in [0.25, 0.3) is 0 Å². The number of carbonyl (C=O) groups excluding carboxylic acids is 1. The molecule has 110 valence electrons. The quantitative estimate of drug-likeness (QED) is 0.785. The molecule has 3 rings (SSSR count). The minimum atomic E-state index is -0.0504. The summed E-state index contributed by atoms with van der Waals surface area (Å²) in [6, 6.07) is 4.07. The molecule has 1 saturated heterocycles. The zero-order valence-electron chi connectivity index (χ0n) is 11.9. The summed E-state index contributed by atoms with van der Waals surface area (Å²) < 4.78 is 5.68. The molecule has 0 radical (unpaired) electrons. The maximum absolute atomic E-state index is 12.4. The van der Waals surface area contributed by atoms with Gasteiger partial charge in [0.1, 0.15) is 6.17 Å². The molecule has 0 spiro atoms. The summed E-state index contributed by atoms with van der Waals surface area (Å²) in [4.78, 5) is 15.5. The van der Waals surface area contributed by atoms with Crippen molar-refractivity contribution >= 4 is 17.2 Å². The van der Waals surface area contributed by atoms with E-state index in [2.05, 4.69) is 16.8 Å². The van der Waals surface area contributed by atoms with Gasteiger partial charge >= 0.3 is 0 Å². The Kier molecular flexibility index (Phi) is 4.38. The minimum absolute atomic E-state index is 0.0250. The van der Waals surface area contributed by atoms with Crippen LogP contribution >= 0.6 is 11.3 Å². The number of rotatable bonds is 7. The first-order chi connectivity index (χ1) is 9.79. The molecule has 2 aliphatic rings. The Hall–Kier alpha value is -0.910. The zero-order valence-corrected chi connectivity index (χ0v) is 12.7. The summed E-state index contributed by atoms with van der Waals surface area (Å²) in [5.41, 5.74) is 0. The minimum Gasteiger partial charge on any atom is -0.379 e. The van der Waals surface area contributed by atoms with Crippen molar-refractivity contribution in [1.29, 1.82) is 0 Å². The lowest BCUT2D eigenvalue weighted by molar-refractivity contribution is -0.130. The molecule has 2 atom stereocenters. The van der Waals surface area contributed by atoms with E-state index in [9.17, 15) is 4.79 Å². The van der Waals surface area contributed by atoms with E-state index in [0.29, 0.717) is 13.2 Å². The highest BCUT2D eigenvalue weighted by atomic mass is 32.1. The second-order valence-electron chi connectivity index (χ2n) is 5.60. The summed E-state index contributed by atoms with van der Waals surface area (Å²) in [7, 11) is 0. The van der Waals surface area contributed by atoms with Crippen LogP contribution in [0, 0.1) is 5.92 Å². The maximum Gasteiger partial charge on any atom is 0.241 e. The lowest BCUT2D eigenvalue weighted by Crippen LogP contribution is -2.33. The van der Waals surface area contributed by atoms with Crippen LogP contribution in [0.25, 0.3) is 0 Å². The Labute approximate surface area is 124 Å². The van der Waals surface area contributed by atoms with Gasteiger partial charge in [-0.05, 0) is 36.6 Å². The van der Waals surface area contributed by atoms with E-state index in [4.69, 9.17) is 4.74 Å². The van der Waals surface area contributed by atoms with Crippen molar-refractivity contribution < 1.29 is 9.53 Å². The summed E-state index contributed by atoms with van der Waals surface area (Å²) in [6.07, 6.45) is 3.47. The van der Waals surface area contributed by atoms with Crippen LogP contribution in [0.2, 0.25) is 0 Å². The first-order valence-electron chi connectivity index (χ1n) is 7.47. The molecule has 2 heterocycles. The lowest BCUT2D eigenvalue weighted by Gasteiger charge is -2.23. The van der Waals surface area contributed by atoms with Crippen molar-refractivity contribution in [2.45, 2.75) is 38.4 Å². The van der Waals surface area contributed by atoms with E-state index in [1.165, 1.54) is 17.7 Å². The molecule has 1 aromatic heterocycles. The van der Waals surface area contributed by atoms with Gasteiger partial charge in [0, 0.05) is 18.0 Å². The van der Waals surface area contributed by atoms with Crippen LogP contribution in [0.15, 0.2) is 17.5 Å². The Bertz CT molecular complexity index is 445. The summed E-state index contributed by atoms with van der Waals surface area (Å²) in [5.74, 6) is 0.986. The number of nitrogens with zero attached hydrogens (tertiary/aromatic N) is 1. The van der Waals surface area contributed by atoms with Gasteiger partial charge in [0.2, 0.25) is 5.91 Å². The molecule has 5 heteroatoms. The van der Waals surface area contributed by atoms with E-state index in [0.717, 1.165) is 18.9 Å². The highest BCUT2D eigenvalue weighted by Gasteiger charge is 2.38. The van der Waals surface area contributed by atoms with Crippen molar-refractivity contribution in [3.8, 4) is 0 Å². The predicted molar refractivity (Wildman–Crippen MR) is 79.5 cm³/mol. The topological polar surface area (TPSA) is 41.6 Å². The van der Waals surface area contributed by atoms with E-state index >= 15 is 0 Å². The zero-order chi connectivity index (χ0) is 13.9. The number of ether oxygens (including phenoxy) is 1. The van der Waals surface area contributed by atoms with Crippen LogP contribution in [0.4, 0.5) is 0 Å². The van der Waals surface area contributed by atoms with E-state index < -0.39 is 0 Å². The van der Waals surface area contributed by atoms with Crippen LogP contribution in [0.1, 0.15) is 37.2 Å². The molecule has 1 saturated carbocycles. The largest absolute Gasteiger partial charge is 0.379 e. The van der Waals surface area contributed by atoms with Crippen molar-refractivity contribution in [3.05, 3.63) is 22.4 Å². The van der Waals surface area contributed by atoms with Gasteiger partial charge in [0.05, 0.1) is 12.6 Å². The average molecular weight is 294 g/mol. The van der Waals surface area contributed by atoms with Crippen LogP contribution in [0.3, 0.4) is 0 Å². The summed E-state index contributed by atoms with van der Waals surface area (Å²) >= 11 is 1.70. The molecule has 0 aromatic carbocycles. The monoisotopic (exact) mass is 294 g/mol. The Morgan fingerprint density at radius 1 is 1.50 bits per heavy atom. The number of thiophene rings is 1. The van der Waals surface area contributed by atoms with Gasteiger partial charge < -0.3 is 9.64 Å². The predicted octanol–water partition coefficient (Wildman–Crippen LogP) is 2.38. The number of hydrogen-bond acceptors (Lipinski definition) is 4. The van der Waals surface area contributed by atoms with E-state index in [-0.39, 0.29) is 18.1 Å². The molecule has 2 unspecified atom stereocenters. The number of hydrogen-bond donors (Lipinski definition) is 1. The SMILES string of the molecule is CCC1NC(c2cccs2)N(CCOCC2CC2)C1=O. The average Bonchev–Trinajstić information content (AvgIpc) is 3.01. The fourth-order valence-electron chi connectivity index (χ4n) is 2.59. The van der Waals surface area contributed by atoms with Crippen molar-refractivity contribution in [2.24, 2.45) is 5.92 Å². The number of carbonyl (C=O) groups is 1. The molecule has 20 heavy (non-hydrogen) atoms. The van der Waals surface area contributed by atoms with Gasteiger partial charge in [-0.2, -0.15) is 0 Å². The van der Waals surface area contributed by atoms with Crippen molar-refractivity contribution in [1.82, 2.24) is 10.2 Å². The second-order valence-corrected chi connectivity index (χ2v) is 6.57. The van der Waals surface area contributed by atoms with Crippen molar-refractivity contribution in [2.75, 3.05) is 19.8 Å². The smallest absolute Gasteiger partial charge is 0.241 e. The van der Waals surface area contributed by atoms with Gasteiger partial charge in [-0.25, -0.2) is 0 Å². The third-order valence-electron chi connectivity index (χ3n) is 4.00. The molecular weight excluding hydrogens is 272 g/mol. The first-order valence-corrected chi connectivity index (χ1v) is 8.35. The van der Waals surface area contributed by atoms with Gasteiger partial charge in [0.15, 0.2) is 0 Å². The highest BCUT2D eigenvalue weighted by Crippen LogP contribution is 2.30. The fraction of sp³-hybridized carbons (Fsp3) is 0.667. The van der Waals surface area contributed by atoms with E-state index in [1.807, 2.05) is 17.9 Å². The van der Waals surface area contributed by atoms with Crippen LogP contribution in [0.5, 0.6) is 0 Å². The molecule has 1 aliphatic heterocycles. The van der Waals surface area contributed by atoms with Gasteiger partial charge in [-0.3, -0.25) is 10.1 Å². The molecule has 1 amide bonds. The Morgan fingerprint density at radius 2 is 2.35 bits per heavy atom. The summed E-state index contributed by atoms with van der Waals surface area (Å²) in [6.45, 7) is 4.23. The van der Waals surface area contributed by atoms with E-state index in [1.54, 1.807) is 11.3 Å². The van der Waals surface area contributed by atoms with Gasteiger partial charge in [-0.15, -0.1) is 11.3 Å². The molecule has 0 bridgehead atoms. The Balaban J connectivity index is 1.59. The number of amides is 1. The standard InChI is InChI=1S/C15H22N2O2S/c1-2-12-15(18)17(7-8-19-10-11-5-6-11)14(16-12)13-4-3-9-20-13/h3-4,9,11-12,14,16H,2,5-8,10H2,1H3. The fourth-order valence-corrected chi connectivity index (χ4v) is 3.39.